The van der Waals surface area contributed by atoms with Crippen LogP contribution in [0.3, 0.4) is 0 Å². The Morgan fingerprint density at radius 2 is 2.17 bits per heavy atom. The van der Waals surface area contributed by atoms with Crippen LogP contribution in [0.15, 0.2) is 36.5 Å². The van der Waals surface area contributed by atoms with Crippen LogP contribution in [0.2, 0.25) is 0 Å². The summed E-state index contributed by atoms with van der Waals surface area (Å²) in [6.45, 7) is 2.99. The van der Waals surface area contributed by atoms with E-state index in [4.69, 9.17) is 9.47 Å². The third kappa shape index (κ3) is 3.48. The number of benzene rings is 1. The van der Waals surface area contributed by atoms with E-state index < -0.39 is 5.82 Å². The molecule has 0 radical (unpaired) electrons. The molecular formula is C18H19FN2O3. The van der Waals surface area contributed by atoms with Gasteiger partial charge in [0.05, 0.1) is 13.7 Å². The van der Waals surface area contributed by atoms with E-state index in [2.05, 4.69) is 4.98 Å². The zero-order valence-electron chi connectivity index (χ0n) is 13.7. The fourth-order valence-corrected chi connectivity index (χ4v) is 2.69. The molecule has 0 spiro atoms. The molecule has 6 heteroatoms. The minimum atomic E-state index is -0.542. The van der Waals surface area contributed by atoms with E-state index in [9.17, 15) is 9.18 Å². The minimum Gasteiger partial charge on any atom is -0.494 e. The molecular weight excluding hydrogens is 311 g/mol. The van der Waals surface area contributed by atoms with Gasteiger partial charge in [0.2, 0.25) is 5.88 Å². The molecule has 0 N–H and O–H groups in total. The predicted octanol–water partition coefficient (Wildman–Crippen LogP) is 2.83. The van der Waals surface area contributed by atoms with Crippen molar-refractivity contribution in [2.75, 3.05) is 20.2 Å². The summed E-state index contributed by atoms with van der Waals surface area (Å²) in [5.41, 5.74) is 1.37. The van der Waals surface area contributed by atoms with E-state index in [-0.39, 0.29) is 17.8 Å². The highest BCUT2D eigenvalue weighted by Gasteiger charge is 2.29. The van der Waals surface area contributed by atoms with Crippen molar-refractivity contribution in [3.05, 3.63) is 53.5 Å². The molecule has 126 valence electrons. The number of amides is 1. The molecule has 1 aromatic heterocycles. The number of methoxy groups -OCH3 is 1. The number of ether oxygens (including phenoxy) is 2. The maximum atomic E-state index is 13.8. The van der Waals surface area contributed by atoms with Crippen molar-refractivity contribution in [3.8, 4) is 11.6 Å². The van der Waals surface area contributed by atoms with E-state index in [1.807, 2.05) is 19.1 Å². The van der Waals surface area contributed by atoms with Gasteiger partial charge < -0.3 is 14.4 Å². The fourth-order valence-electron chi connectivity index (χ4n) is 2.69. The van der Waals surface area contributed by atoms with Crippen molar-refractivity contribution >= 4 is 5.91 Å². The highest BCUT2D eigenvalue weighted by molar-refractivity contribution is 5.94. The largest absolute Gasteiger partial charge is 0.494 e. The van der Waals surface area contributed by atoms with Gasteiger partial charge in [-0.1, -0.05) is 6.07 Å². The van der Waals surface area contributed by atoms with E-state index in [1.165, 1.54) is 19.2 Å². The third-order valence-electron chi connectivity index (χ3n) is 4.00. The number of pyridine rings is 1. The second-order valence-corrected chi connectivity index (χ2v) is 5.80. The van der Waals surface area contributed by atoms with Gasteiger partial charge in [0.1, 0.15) is 6.10 Å². The lowest BCUT2D eigenvalue weighted by molar-refractivity contribution is 0.0770. The first-order chi connectivity index (χ1) is 11.6. The van der Waals surface area contributed by atoms with Crippen molar-refractivity contribution in [2.45, 2.75) is 19.4 Å². The molecule has 1 amide bonds. The van der Waals surface area contributed by atoms with Gasteiger partial charge in [-0.25, -0.2) is 9.37 Å². The Hall–Kier alpha value is -2.63. The van der Waals surface area contributed by atoms with Gasteiger partial charge in [-0.3, -0.25) is 4.79 Å². The van der Waals surface area contributed by atoms with Crippen molar-refractivity contribution in [1.82, 2.24) is 9.88 Å². The summed E-state index contributed by atoms with van der Waals surface area (Å²) in [5.74, 6) is -0.0752. The molecule has 2 aromatic rings. The van der Waals surface area contributed by atoms with Crippen molar-refractivity contribution < 1.29 is 18.7 Å². The zero-order valence-corrected chi connectivity index (χ0v) is 13.7. The molecule has 0 unspecified atom stereocenters. The van der Waals surface area contributed by atoms with Gasteiger partial charge in [-0.2, -0.15) is 0 Å². The smallest absolute Gasteiger partial charge is 0.254 e. The Labute approximate surface area is 140 Å². The first-order valence-corrected chi connectivity index (χ1v) is 7.79. The summed E-state index contributed by atoms with van der Waals surface area (Å²) in [6, 6.07) is 7.98. The van der Waals surface area contributed by atoms with Crippen LogP contribution >= 0.6 is 0 Å². The van der Waals surface area contributed by atoms with E-state index in [0.29, 0.717) is 24.5 Å². The van der Waals surface area contributed by atoms with Crippen LogP contribution in [0.5, 0.6) is 11.6 Å². The Morgan fingerprint density at radius 1 is 1.33 bits per heavy atom. The first kappa shape index (κ1) is 16.2. The van der Waals surface area contributed by atoms with Crippen LogP contribution < -0.4 is 9.47 Å². The van der Waals surface area contributed by atoms with Crippen LogP contribution in [-0.4, -0.2) is 42.1 Å². The monoisotopic (exact) mass is 330 g/mol. The maximum Gasteiger partial charge on any atom is 0.254 e. The number of carbonyl (C=O) groups is 1. The second kappa shape index (κ2) is 6.86. The molecule has 2 heterocycles. The van der Waals surface area contributed by atoms with Crippen LogP contribution in [0.4, 0.5) is 4.39 Å². The average Bonchev–Trinajstić information content (AvgIpc) is 3.04. The number of nitrogens with zero attached hydrogens (tertiary/aromatic N) is 2. The van der Waals surface area contributed by atoms with Gasteiger partial charge in [-0.15, -0.1) is 0 Å². The summed E-state index contributed by atoms with van der Waals surface area (Å²) in [6.07, 6.45) is 2.36. The number of carbonyl (C=O) groups excluding carboxylic acids is 1. The second-order valence-electron chi connectivity index (χ2n) is 5.80. The number of aryl methyl sites for hydroxylation is 1. The number of hydrogen-bond donors (Lipinski definition) is 0. The molecule has 1 atom stereocenters. The van der Waals surface area contributed by atoms with Crippen LogP contribution in [0.25, 0.3) is 0 Å². The molecule has 0 saturated carbocycles. The topological polar surface area (TPSA) is 51.7 Å². The molecule has 0 aliphatic carbocycles. The number of aromatic nitrogens is 1. The fraction of sp³-hybridized carbons (Fsp3) is 0.333. The molecule has 3 rings (SSSR count). The Kier molecular flexibility index (Phi) is 4.64. The zero-order chi connectivity index (χ0) is 17.1. The molecule has 1 aromatic carbocycles. The Bertz CT molecular complexity index is 734. The van der Waals surface area contributed by atoms with Crippen molar-refractivity contribution in [3.63, 3.8) is 0 Å². The molecule has 1 saturated heterocycles. The standard InChI is InChI=1S/C18H19FN2O3/c1-12-3-6-17(20-10-12)24-14-7-8-21(11-14)18(22)13-4-5-16(23-2)15(19)9-13/h3-6,9-10,14H,7-8,11H2,1-2H3/t14-/m1/s1. The summed E-state index contributed by atoms with van der Waals surface area (Å²) in [4.78, 5) is 18.4. The average molecular weight is 330 g/mol. The molecule has 24 heavy (non-hydrogen) atoms. The van der Waals surface area contributed by atoms with Gasteiger partial charge >= 0.3 is 0 Å². The third-order valence-corrected chi connectivity index (χ3v) is 4.00. The van der Waals surface area contributed by atoms with Crippen LogP contribution in [0.1, 0.15) is 22.3 Å². The molecule has 5 nitrogen and oxygen atoms in total. The van der Waals surface area contributed by atoms with Crippen molar-refractivity contribution in [2.24, 2.45) is 0 Å². The Morgan fingerprint density at radius 3 is 2.83 bits per heavy atom. The quantitative estimate of drug-likeness (QED) is 0.865. The summed E-state index contributed by atoms with van der Waals surface area (Å²) < 4.78 is 24.4. The number of likely N-dealkylation sites (tertiary alicyclic amines) is 1. The predicted molar refractivity (Wildman–Crippen MR) is 86.9 cm³/mol. The highest BCUT2D eigenvalue weighted by atomic mass is 19.1. The normalized spacial score (nSPS) is 17.0. The lowest BCUT2D eigenvalue weighted by atomic mass is 10.2. The number of halogens is 1. The van der Waals surface area contributed by atoms with E-state index in [0.717, 1.165) is 12.0 Å². The van der Waals surface area contributed by atoms with Gasteiger partial charge in [-0.05, 0) is 30.7 Å². The first-order valence-electron chi connectivity index (χ1n) is 7.79. The van der Waals surface area contributed by atoms with Gasteiger partial charge in [0.15, 0.2) is 11.6 Å². The Balaban J connectivity index is 1.63. The lowest BCUT2D eigenvalue weighted by Gasteiger charge is -2.17. The van der Waals surface area contributed by atoms with E-state index >= 15 is 0 Å². The molecule has 0 bridgehead atoms. The van der Waals surface area contributed by atoms with E-state index in [1.54, 1.807) is 17.2 Å². The van der Waals surface area contributed by atoms with Crippen molar-refractivity contribution in [1.29, 1.82) is 0 Å². The summed E-state index contributed by atoms with van der Waals surface area (Å²) in [7, 11) is 1.39. The highest BCUT2D eigenvalue weighted by Crippen LogP contribution is 2.22. The molecule has 1 aliphatic heterocycles. The molecule has 1 fully saturated rings. The van der Waals surface area contributed by atoms with Gasteiger partial charge in [0, 0.05) is 30.8 Å². The summed E-state index contributed by atoms with van der Waals surface area (Å²) in [5, 5.41) is 0. The van der Waals surface area contributed by atoms with Gasteiger partial charge in [0.25, 0.3) is 5.91 Å². The number of hydrogen-bond acceptors (Lipinski definition) is 4. The maximum absolute atomic E-state index is 13.8. The van der Waals surface area contributed by atoms with Crippen LogP contribution in [0, 0.1) is 12.7 Å². The van der Waals surface area contributed by atoms with Crippen LogP contribution in [-0.2, 0) is 0 Å². The minimum absolute atomic E-state index is 0.104. The molecule has 1 aliphatic rings. The number of rotatable bonds is 4. The lowest BCUT2D eigenvalue weighted by Crippen LogP contribution is -2.31. The SMILES string of the molecule is COc1ccc(C(=O)N2CC[C@@H](Oc3ccc(C)cn3)C2)cc1F. The summed E-state index contributed by atoms with van der Waals surface area (Å²) >= 11 is 0.